The van der Waals surface area contributed by atoms with E-state index in [9.17, 15) is 168 Å². The highest BCUT2D eigenvalue weighted by Gasteiger charge is 2.75. The fraction of sp³-hybridized carbons (Fsp3) is 0.955. The molecule has 3 fully saturated rings. The fourth-order valence-corrected chi connectivity index (χ4v) is 31.2. The monoisotopic (exact) mass is 1840 g/mol. The van der Waals surface area contributed by atoms with Gasteiger partial charge in [-0.15, -0.1) is 17.3 Å². The lowest BCUT2D eigenvalue weighted by Crippen LogP contribution is -2.75. The number of likely N-dealkylation sites (N-methyl/N-ethyl adjacent to an activating group) is 1. The Morgan fingerprint density at radius 1 is 0.598 bits per heavy atom. The van der Waals surface area contributed by atoms with E-state index >= 15 is 0 Å². The van der Waals surface area contributed by atoms with Gasteiger partial charge >= 0.3 is 156 Å². The normalized spacial score (nSPS) is 28.8. The van der Waals surface area contributed by atoms with Gasteiger partial charge in [-0.2, -0.15) is 75.8 Å². The van der Waals surface area contributed by atoms with Crippen molar-refractivity contribution < 1.29 is 277 Å². The summed E-state index contributed by atoms with van der Waals surface area (Å²) in [6.07, 6.45) is -24.1. The van der Waals surface area contributed by atoms with Crippen LogP contribution in [0, 0.1) is 11.8 Å². The summed E-state index contributed by atoms with van der Waals surface area (Å²) >= 11 is -0.788. The van der Waals surface area contributed by atoms with Crippen LogP contribution in [0.5, 0.6) is 0 Å². The van der Waals surface area contributed by atoms with Crippen LogP contribution in [0.3, 0.4) is 0 Å². The molecule has 3 aliphatic rings. The first-order valence-corrected chi connectivity index (χ1v) is 49.6. The molecule has 0 aromatic carbocycles. The van der Waals surface area contributed by atoms with Crippen molar-refractivity contribution in [2.45, 2.75) is 89.8 Å². The summed E-state index contributed by atoms with van der Waals surface area (Å²) in [6, 6.07) is -1.73. The molecule has 2 aliphatic heterocycles. The van der Waals surface area contributed by atoms with Gasteiger partial charge in [-0.25, -0.2) is 63.0 Å². The molecule has 0 spiro atoms. The van der Waals surface area contributed by atoms with E-state index in [0.717, 1.165) is 25.9 Å². The summed E-state index contributed by atoms with van der Waals surface area (Å²) in [7, 11) is -106. The topological polar surface area (TPSA) is 944 Å². The standard InChI is InChI=1S/C22H52NO62S10Si7/c1-9-5-12(24)11(23(2)3)6-10(9)22(89(33,34)74-28)20(88(31,32)73-27)18(16(68-93(44,45)46)14(66-22)8-64-91(38,39)40)70-95(49,50)80-102(62,85-100(59,60)84-99(56,57)58)81-96(51)77-78-101(61,83-97(4,52)82-98(53,54)55)79-94(47,48)69-17-15(67-92(41,42)43)13(7-63-90(35,36)37)65-21(86-76-75-71-25)19(17)87(29,30)72-26/h9-11,13-21,25-28,51-62H,5-8H2,1-4H3,(H,35,36,37)(H,38,39,40)(H,41,42,43)(H,44,45,46). The van der Waals surface area contributed by atoms with E-state index in [1.807, 2.05) is 0 Å². The average Bonchev–Trinajstić information content (AvgIpc) is 0.693. The summed E-state index contributed by atoms with van der Waals surface area (Å²) < 4.78 is 360. The van der Waals surface area contributed by atoms with Gasteiger partial charge in [0, 0.05) is 18.9 Å². The summed E-state index contributed by atoms with van der Waals surface area (Å²) in [5, 5.41) is 36.3. The van der Waals surface area contributed by atoms with E-state index in [4.69, 9.17) is 19.3 Å². The lowest BCUT2D eigenvalue weighted by atomic mass is 9.71. The highest BCUT2D eigenvalue weighted by molar-refractivity contribution is 7.96. The van der Waals surface area contributed by atoms with Gasteiger partial charge in [0.2, 0.25) is 4.93 Å². The van der Waals surface area contributed by atoms with Crippen molar-refractivity contribution in [2.75, 3.05) is 27.3 Å². The summed E-state index contributed by atoms with van der Waals surface area (Å²) in [6.45, 7) is -3.61. The Morgan fingerprint density at radius 3 is 1.51 bits per heavy atom. The molecule has 80 heteroatoms. The second kappa shape index (κ2) is 34.9. The molecule has 0 bridgehead atoms. The Labute approximate surface area is 581 Å². The number of ether oxygens (including phenoxy) is 2. The smallest absolute Gasteiger partial charge is 0.391 e. The zero-order valence-electron chi connectivity index (χ0n) is 48.9. The van der Waals surface area contributed by atoms with Crippen molar-refractivity contribution in [1.29, 1.82) is 0 Å². The number of rotatable bonds is 43. The Kier molecular flexibility index (Phi) is 32.7. The fourth-order valence-electron chi connectivity index (χ4n) is 8.84. The van der Waals surface area contributed by atoms with E-state index in [2.05, 4.69) is 90.0 Å². The summed E-state index contributed by atoms with van der Waals surface area (Å²) in [4.78, 5) is 132. The first-order chi connectivity index (χ1) is 45.5. The zero-order chi connectivity index (χ0) is 79.5. The molecule has 2 saturated heterocycles. The lowest BCUT2D eigenvalue weighted by molar-refractivity contribution is -0.591. The van der Waals surface area contributed by atoms with Crippen molar-refractivity contribution in [3.8, 4) is 0 Å². The van der Waals surface area contributed by atoms with Crippen LogP contribution in [0.25, 0.3) is 0 Å². The van der Waals surface area contributed by atoms with Crippen LogP contribution in [0.2, 0.25) is 6.55 Å². The summed E-state index contributed by atoms with van der Waals surface area (Å²) in [5.41, 5.74) is -2.98. The number of carbonyl (C=O) groups excluding carboxylic acids is 1. The van der Waals surface area contributed by atoms with Gasteiger partial charge in [-0.05, 0) is 36.5 Å². The molecule has 1 radical (unpaired) electrons. The molecule has 20 N–H and O–H groups in total. The highest BCUT2D eigenvalue weighted by atomic mass is 32.3. The number of hydrogen-bond acceptors (Lipinski definition) is 60. The molecule has 0 aromatic heterocycles. The summed E-state index contributed by atoms with van der Waals surface area (Å²) in [5.74, 6) is -5.36. The largest absolute Gasteiger partial charge is 0.713 e. The molecule has 0 aromatic rings. The lowest BCUT2D eigenvalue weighted by Gasteiger charge is -2.54. The third kappa shape index (κ3) is 28.9. The minimum absolute atomic E-state index is 0.0756. The third-order valence-electron chi connectivity index (χ3n) is 11.8. The molecule has 102 heavy (non-hydrogen) atoms. The number of ketones is 1. The van der Waals surface area contributed by atoms with Crippen LogP contribution in [-0.2, 0) is 197 Å². The first kappa shape index (κ1) is 95.5. The van der Waals surface area contributed by atoms with Crippen molar-refractivity contribution in [1.82, 2.24) is 4.90 Å². The predicted octanol–water partition coefficient (Wildman–Crippen LogP) is -15.5. The van der Waals surface area contributed by atoms with Gasteiger partial charge in [-0.1, -0.05) is 6.92 Å². The van der Waals surface area contributed by atoms with Crippen LogP contribution in [-0.4, -0.2) is 338 Å². The minimum atomic E-state index is -8.04. The molecule has 605 valence electrons. The van der Waals surface area contributed by atoms with Crippen molar-refractivity contribution in [2.24, 2.45) is 11.8 Å². The van der Waals surface area contributed by atoms with Gasteiger partial charge in [0.1, 0.15) is 42.4 Å². The maximum absolute atomic E-state index is 14.4. The van der Waals surface area contributed by atoms with Crippen molar-refractivity contribution >= 4 is 174 Å². The SMILES string of the molecule is CC1CC(=O)C(N(C)C)CC1C1(S(=O)(=O)OO)OC(COS(=O)(=O)O)C(OS(=O)(=O)O)C(OS(=O)(=O)O[Si](O)(O[Si](O)OO[Si](O)(O[Si](C)(O)O[Si](O)(O)O)OS(=O)(=O)OC2C(OS(=O)(=O)O)C(COS(=O)(=O)O)OC(SOOOO)C2S(=O)(=O)OO)O[Si](O)(O)O[Si](O)(O)O)C1S(=O)(=O)OO. The zero-order valence-corrected chi connectivity index (χ0v) is 64.0. The Hall–Kier alpha value is -0.672. The number of carbonyl (C=O) groups is 1. The van der Waals surface area contributed by atoms with E-state index in [1.54, 1.807) is 0 Å². The molecule has 0 amide bonds. The molecule has 16 unspecified atom stereocenters. The number of nitrogens with zero attached hydrogens (tertiary/aromatic N) is 1. The van der Waals surface area contributed by atoms with Crippen LogP contribution < -0.4 is 0 Å². The maximum atomic E-state index is 14.4. The Morgan fingerprint density at radius 2 is 1.07 bits per heavy atom. The first-order valence-electron chi connectivity index (χ1n) is 24.2. The average molecular weight is 1840 g/mol. The van der Waals surface area contributed by atoms with Crippen LogP contribution in [0.1, 0.15) is 19.8 Å². The van der Waals surface area contributed by atoms with Gasteiger partial charge in [0.25, 0.3) is 0 Å². The molecule has 2 heterocycles. The van der Waals surface area contributed by atoms with E-state index in [-0.39, 0.29) is 6.55 Å². The van der Waals surface area contributed by atoms with Crippen molar-refractivity contribution in [3.05, 3.63) is 0 Å². The molecule has 1 aliphatic carbocycles. The predicted molar refractivity (Wildman–Crippen MR) is 298 cm³/mol. The van der Waals surface area contributed by atoms with Crippen LogP contribution in [0.4, 0.5) is 0 Å². The van der Waals surface area contributed by atoms with E-state index < -0.39 is 276 Å². The van der Waals surface area contributed by atoms with Gasteiger partial charge in [0.15, 0.2) is 15.9 Å². The second-order valence-electron chi connectivity index (χ2n) is 19.3. The molecular weight excluding hydrogens is 1790 g/mol. The van der Waals surface area contributed by atoms with Crippen LogP contribution >= 0.6 is 12.0 Å². The molecule has 63 nitrogen and oxygen atoms in total. The minimum Gasteiger partial charge on any atom is -0.391 e. The van der Waals surface area contributed by atoms with Crippen LogP contribution in [0.15, 0.2) is 0 Å². The van der Waals surface area contributed by atoms with Gasteiger partial charge in [0.05, 0.1) is 31.3 Å². The Balaban J connectivity index is 2.45. The van der Waals surface area contributed by atoms with Crippen molar-refractivity contribution in [3.63, 3.8) is 0 Å². The van der Waals surface area contributed by atoms with E-state index in [0.29, 0.717) is 0 Å². The number of hydrogen-bond donors (Lipinski definition) is 20. The van der Waals surface area contributed by atoms with Gasteiger partial charge in [-0.3, -0.25) is 27.9 Å². The number of Topliss-reactive ketones (excluding diaryl/α,β-unsaturated/α-hetero) is 1. The molecule has 3 rings (SSSR count). The Bertz CT molecular complexity index is 3930. The highest BCUT2D eigenvalue weighted by Crippen LogP contribution is 2.53. The molecular formula is C22H52NO62S10Si7. The third-order valence-corrected chi connectivity index (χ3v) is 35.1. The quantitative estimate of drug-likeness (QED) is 0.00673. The molecule has 16 atom stereocenters. The maximum Gasteiger partial charge on any atom is 0.713 e. The van der Waals surface area contributed by atoms with Gasteiger partial charge < -0.3 is 87.6 Å². The second-order valence-corrected chi connectivity index (χ2v) is 45.0. The molecule has 1 saturated carbocycles. The van der Waals surface area contributed by atoms with E-state index in [1.165, 1.54) is 0 Å².